The number of aryl methyl sites for hydroxylation is 1. The first-order chi connectivity index (χ1) is 8.80. The predicted octanol–water partition coefficient (Wildman–Crippen LogP) is 1.97. The highest BCUT2D eigenvalue weighted by Crippen LogP contribution is 2.41. The second kappa shape index (κ2) is 5.00. The Morgan fingerprint density at radius 2 is 2.21 bits per heavy atom. The summed E-state index contributed by atoms with van der Waals surface area (Å²) in [7, 11) is 3.56. The van der Waals surface area contributed by atoms with Crippen LogP contribution in [-0.2, 0) is 17.8 Å². The Bertz CT molecular complexity index is 474. The number of carbonyl (C=O) groups excluding carboxylic acids is 1. The van der Waals surface area contributed by atoms with Gasteiger partial charge in [-0.2, -0.15) is 0 Å². The molecule has 0 saturated heterocycles. The van der Waals surface area contributed by atoms with E-state index in [4.69, 9.17) is 0 Å². The Hall–Kier alpha value is -1.29. The second-order valence-corrected chi connectivity index (χ2v) is 6.51. The van der Waals surface area contributed by atoms with Crippen LogP contribution in [0.5, 0.6) is 0 Å². The lowest BCUT2D eigenvalue weighted by Gasteiger charge is -2.34. The van der Waals surface area contributed by atoms with Gasteiger partial charge in [-0.1, -0.05) is 13.8 Å². The highest BCUT2D eigenvalue weighted by molar-refractivity contribution is 5.75. The van der Waals surface area contributed by atoms with Crippen molar-refractivity contribution in [1.29, 1.82) is 0 Å². The molecule has 0 saturated carbocycles. The molecule has 2 rings (SSSR count). The van der Waals surface area contributed by atoms with Crippen molar-refractivity contribution in [2.45, 2.75) is 45.8 Å². The van der Waals surface area contributed by atoms with Crippen LogP contribution >= 0.6 is 0 Å². The zero-order valence-corrected chi connectivity index (χ0v) is 12.3. The lowest BCUT2D eigenvalue weighted by Crippen LogP contribution is -2.27. The zero-order valence-electron chi connectivity index (χ0n) is 12.3. The van der Waals surface area contributed by atoms with E-state index < -0.39 is 0 Å². The van der Waals surface area contributed by atoms with Crippen LogP contribution in [0, 0.1) is 5.41 Å². The van der Waals surface area contributed by atoms with E-state index in [2.05, 4.69) is 18.4 Å². The van der Waals surface area contributed by atoms with Gasteiger partial charge in [-0.05, 0) is 24.3 Å². The number of rotatable bonds is 3. The summed E-state index contributed by atoms with van der Waals surface area (Å²) < 4.78 is 2.13. The predicted molar refractivity (Wildman–Crippen MR) is 74.8 cm³/mol. The first-order valence-electron chi connectivity index (χ1n) is 6.86. The smallest absolute Gasteiger partial charge is 0.223 e. The zero-order chi connectivity index (χ0) is 14.2. The summed E-state index contributed by atoms with van der Waals surface area (Å²) in [5.41, 5.74) is 2.35. The van der Waals surface area contributed by atoms with Crippen molar-refractivity contribution >= 4 is 5.91 Å². The van der Waals surface area contributed by atoms with Gasteiger partial charge < -0.3 is 14.6 Å². The molecule has 1 unspecified atom stereocenters. The maximum absolute atomic E-state index is 11.7. The van der Waals surface area contributed by atoms with E-state index in [1.807, 2.05) is 12.3 Å². The van der Waals surface area contributed by atoms with Crippen molar-refractivity contribution in [2.24, 2.45) is 5.41 Å². The van der Waals surface area contributed by atoms with Crippen LogP contribution in [0.3, 0.4) is 0 Å². The molecule has 1 aromatic heterocycles. The normalized spacial score (nSPS) is 21.0. The number of nitrogens with zero attached hydrogens (tertiary/aromatic N) is 2. The van der Waals surface area contributed by atoms with E-state index in [0.717, 1.165) is 18.4 Å². The number of aliphatic hydroxyl groups excluding tert-OH is 1. The minimum absolute atomic E-state index is 0.119. The average Bonchev–Trinajstić information content (AvgIpc) is 2.67. The van der Waals surface area contributed by atoms with Crippen LogP contribution in [-0.4, -0.2) is 34.6 Å². The van der Waals surface area contributed by atoms with Crippen molar-refractivity contribution in [3.63, 3.8) is 0 Å². The van der Waals surface area contributed by atoms with Gasteiger partial charge in [0.2, 0.25) is 5.91 Å². The number of aliphatic hydroxyl groups is 1. The summed E-state index contributed by atoms with van der Waals surface area (Å²) in [4.78, 5) is 13.3. The quantitative estimate of drug-likeness (QED) is 0.907. The van der Waals surface area contributed by atoms with Gasteiger partial charge in [0, 0.05) is 44.5 Å². The summed E-state index contributed by atoms with van der Waals surface area (Å²) in [6.45, 7) is 5.05. The third-order valence-corrected chi connectivity index (χ3v) is 3.93. The maximum Gasteiger partial charge on any atom is 0.223 e. The Kier molecular flexibility index (Phi) is 3.72. The van der Waals surface area contributed by atoms with E-state index >= 15 is 0 Å². The van der Waals surface area contributed by atoms with Crippen molar-refractivity contribution in [3.8, 4) is 0 Å². The van der Waals surface area contributed by atoms with Gasteiger partial charge in [0.15, 0.2) is 0 Å². The molecule has 0 radical (unpaired) electrons. The largest absolute Gasteiger partial charge is 0.388 e. The molecule has 0 fully saturated rings. The maximum atomic E-state index is 11.7. The summed E-state index contributed by atoms with van der Waals surface area (Å²) in [6.07, 6.45) is 3.90. The van der Waals surface area contributed by atoms with E-state index in [9.17, 15) is 9.90 Å². The highest BCUT2D eigenvalue weighted by atomic mass is 16.3. The molecule has 1 atom stereocenters. The molecule has 19 heavy (non-hydrogen) atoms. The fourth-order valence-electron chi connectivity index (χ4n) is 2.84. The topological polar surface area (TPSA) is 45.5 Å². The molecule has 0 spiro atoms. The first-order valence-corrected chi connectivity index (χ1v) is 6.86. The number of fused-ring (bicyclic) bond motifs is 1. The van der Waals surface area contributed by atoms with Crippen LogP contribution in [0.25, 0.3) is 0 Å². The van der Waals surface area contributed by atoms with Gasteiger partial charge >= 0.3 is 0 Å². The van der Waals surface area contributed by atoms with Crippen LogP contribution in [0.4, 0.5) is 0 Å². The molecule has 106 valence electrons. The van der Waals surface area contributed by atoms with Crippen molar-refractivity contribution in [2.75, 3.05) is 14.1 Å². The fourth-order valence-corrected chi connectivity index (χ4v) is 2.84. The average molecular weight is 264 g/mol. The Morgan fingerprint density at radius 3 is 2.84 bits per heavy atom. The standard InChI is InChI=1S/C15H24N2O2/c1-15(2)9-12-11(13(18)10-15)5-7-17(12)8-6-14(19)16(3)4/h5,7,13,18H,6,8-10H2,1-4H3. The van der Waals surface area contributed by atoms with E-state index in [0.29, 0.717) is 13.0 Å². The molecule has 0 bridgehead atoms. The molecule has 1 aliphatic rings. The van der Waals surface area contributed by atoms with Gasteiger partial charge in [0.05, 0.1) is 6.10 Å². The fraction of sp³-hybridized carbons (Fsp3) is 0.667. The Labute approximate surface area is 115 Å². The number of amides is 1. The number of hydrogen-bond donors (Lipinski definition) is 1. The molecule has 0 aromatic carbocycles. The second-order valence-electron chi connectivity index (χ2n) is 6.51. The SMILES string of the molecule is CN(C)C(=O)CCn1ccc2c1CC(C)(C)CC2O. The molecule has 1 N–H and O–H groups in total. The van der Waals surface area contributed by atoms with Crippen LogP contribution < -0.4 is 0 Å². The van der Waals surface area contributed by atoms with Gasteiger partial charge in [0.1, 0.15) is 0 Å². The summed E-state index contributed by atoms with van der Waals surface area (Å²) >= 11 is 0. The monoisotopic (exact) mass is 264 g/mol. The number of hydrogen-bond acceptors (Lipinski definition) is 2. The van der Waals surface area contributed by atoms with Gasteiger partial charge in [0.25, 0.3) is 0 Å². The molecule has 4 nitrogen and oxygen atoms in total. The molecule has 4 heteroatoms. The lowest BCUT2D eigenvalue weighted by molar-refractivity contribution is -0.128. The van der Waals surface area contributed by atoms with E-state index in [-0.39, 0.29) is 17.4 Å². The lowest BCUT2D eigenvalue weighted by atomic mass is 9.75. The van der Waals surface area contributed by atoms with Crippen LogP contribution in [0.2, 0.25) is 0 Å². The highest BCUT2D eigenvalue weighted by Gasteiger charge is 2.33. The molecule has 1 heterocycles. The molecule has 1 amide bonds. The molecular formula is C15H24N2O2. The van der Waals surface area contributed by atoms with E-state index in [1.165, 1.54) is 5.69 Å². The van der Waals surface area contributed by atoms with E-state index in [1.54, 1.807) is 19.0 Å². The van der Waals surface area contributed by atoms with Crippen LogP contribution in [0.1, 0.15) is 44.1 Å². The summed E-state index contributed by atoms with van der Waals surface area (Å²) in [6, 6.07) is 2.00. The number of aromatic nitrogens is 1. The third-order valence-electron chi connectivity index (χ3n) is 3.93. The van der Waals surface area contributed by atoms with Crippen molar-refractivity contribution < 1.29 is 9.90 Å². The van der Waals surface area contributed by atoms with Crippen molar-refractivity contribution in [3.05, 3.63) is 23.5 Å². The molecular weight excluding hydrogens is 240 g/mol. The minimum atomic E-state index is -0.371. The minimum Gasteiger partial charge on any atom is -0.388 e. The Balaban J connectivity index is 2.14. The van der Waals surface area contributed by atoms with Gasteiger partial charge in [-0.25, -0.2) is 0 Å². The molecule has 1 aliphatic carbocycles. The van der Waals surface area contributed by atoms with Crippen LogP contribution in [0.15, 0.2) is 12.3 Å². The Morgan fingerprint density at radius 1 is 1.53 bits per heavy atom. The third kappa shape index (κ3) is 3.00. The first kappa shape index (κ1) is 14.1. The summed E-state index contributed by atoms with van der Waals surface area (Å²) in [5.74, 6) is 0.137. The number of carbonyl (C=O) groups is 1. The summed E-state index contributed by atoms with van der Waals surface area (Å²) in [5, 5.41) is 10.2. The van der Waals surface area contributed by atoms with Gasteiger partial charge in [-0.3, -0.25) is 4.79 Å². The molecule has 1 aromatic rings. The van der Waals surface area contributed by atoms with Gasteiger partial charge in [-0.15, -0.1) is 0 Å². The molecule has 0 aliphatic heterocycles. The van der Waals surface area contributed by atoms with Crippen molar-refractivity contribution in [1.82, 2.24) is 9.47 Å².